The fourth-order valence-electron chi connectivity index (χ4n) is 4.30. The van der Waals surface area contributed by atoms with Crippen molar-refractivity contribution in [2.75, 3.05) is 6.54 Å². The summed E-state index contributed by atoms with van der Waals surface area (Å²) in [6, 6.07) is 10.0. The number of amides is 1. The van der Waals surface area contributed by atoms with E-state index in [4.69, 9.17) is 9.51 Å². The Kier molecular flexibility index (Phi) is 6.38. The molecule has 1 atom stereocenters. The van der Waals surface area contributed by atoms with E-state index in [1.165, 1.54) is 0 Å². The van der Waals surface area contributed by atoms with Gasteiger partial charge in [0.15, 0.2) is 11.5 Å². The lowest BCUT2D eigenvalue weighted by atomic mass is 9.86. The zero-order valence-electron chi connectivity index (χ0n) is 20.4. The molecule has 8 heteroatoms. The molecule has 0 saturated heterocycles. The minimum absolute atomic E-state index is 0.220. The number of carbonyl (C=O) groups is 1. The minimum Gasteiger partial charge on any atom is -0.338 e. The number of rotatable bonds is 5. The molecule has 2 aromatic heterocycles. The van der Waals surface area contributed by atoms with Gasteiger partial charge >= 0.3 is 0 Å². The van der Waals surface area contributed by atoms with Gasteiger partial charge in [0.2, 0.25) is 5.89 Å². The summed E-state index contributed by atoms with van der Waals surface area (Å²) in [6.07, 6.45) is 1.01. The van der Waals surface area contributed by atoms with Gasteiger partial charge in [0.05, 0.1) is 5.69 Å². The van der Waals surface area contributed by atoms with Crippen LogP contribution in [0, 0.1) is 12.3 Å². The normalized spacial score (nSPS) is 15.8. The van der Waals surface area contributed by atoms with E-state index < -0.39 is 6.04 Å². The molecule has 1 N–H and O–H groups in total. The van der Waals surface area contributed by atoms with Crippen molar-refractivity contribution in [2.24, 2.45) is 5.41 Å². The van der Waals surface area contributed by atoms with Gasteiger partial charge in [0.25, 0.3) is 5.91 Å². The first-order chi connectivity index (χ1) is 15.6. The number of nitrogens with zero attached hydrogens (tertiary/aromatic N) is 5. The smallest absolute Gasteiger partial charge is 0.272 e. The molecule has 0 aliphatic carbocycles. The topological polar surface area (TPSA) is 89.1 Å². The summed E-state index contributed by atoms with van der Waals surface area (Å²) in [7, 11) is 0. The van der Waals surface area contributed by atoms with Gasteiger partial charge in [-0.2, -0.15) is 4.98 Å². The van der Waals surface area contributed by atoms with E-state index in [-0.39, 0.29) is 11.3 Å². The molecule has 3 heterocycles. The first kappa shape index (κ1) is 23.2. The van der Waals surface area contributed by atoms with E-state index in [1.54, 1.807) is 6.92 Å². The van der Waals surface area contributed by atoms with Gasteiger partial charge in [0, 0.05) is 31.2 Å². The van der Waals surface area contributed by atoms with Gasteiger partial charge in [-0.25, -0.2) is 4.98 Å². The number of benzene rings is 1. The maximum absolute atomic E-state index is 13.7. The molecule has 1 aromatic carbocycles. The highest BCUT2D eigenvalue weighted by Gasteiger charge is 2.35. The van der Waals surface area contributed by atoms with Gasteiger partial charge in [-0.05, 0) is 32.6 Å². The Morgan fingerprint density at radius 1 is 1.12 bits per heavy atom. The second-order valence-corrected chi connectivity index (χ2v) is 10.1. The van der Waals surface area contributed by atoms with Crippen LogP contribution in [0.25, 0.3) is 11.4 Å². The SMILES string of the molecule is Cc1noc(C(NC(=O)c2nc(-c3ccccc3)n3c2CN(C(C)C)CCC3)C(C)(C)C)n1. The Labute approximate surface area is 195 Å². The largest absolute Gasteiger partial charge is 0.338 e. The average molecular weight is 451 g/mol. The van der Waals surface area contributed by atoms with E-state index in [2.05, 4.69) is 38.8 Å². The van der Waals surface area contributed by atoms with E-state index in [1.807, 2.05) is 51.1 Å². The first-order valence-corrected chi connectivity index (χ1v) is 11.6. The Morgan fingerprint density at radius 3 is 2.45 bits per heavy atom. The molecule has 1 amide bonds. The molecule has 0 fully saturated rings. The molecule has 4 rings (SSSR count). The van der Waals surface area contributed by atoms with Crippen LogP contribution in [0.5, 0.6) is 0 Å². The highest BCUT2D eigenvalue weighted by molar-refractivity contribution is 5.94. The molecule has 0 radical (unpaired) electrons. The summed E-state index contributed by atoms with van der Waals surface area (Å²) in [6.45, 7) is 14.8. The third kappa shape index (κ3) is 4.85. The lowest BCUT2D eigenvalue weighted by molar-refractivity contribution is 0.0873. The Hall–Kier alpha value is -3.00. The predicted octanol–water partition coefficient (Wildman–Crippen LogP) is 4.37. The first-order valence-electron chi connectivity index (χ1n) is 11.6. The maximum Gasteiger partial charge on any atom is 0.272 e. The third-order valence-electron chi connectivity index (χ3n) is 6.16. The average Bonchev–Trinajstić information content (AvgIpc) is 3.27. The van der Waals surface area contributed by atoms with Gasteiger partial charge in [-0.3, -0.25) is 9.69 Å². The van der Waals surface area contributed by atoms with Crippen LogP contribution < -0.4 is 5.32 Å². The molecule has 0 spiro atoms. The van der Waals surface area contributed by atoms with Crippen LogP contribution in [0.3, 0.4) is 0 Å². The molecule has 33 heavy (non-hydrogen) atoms. The summed E-state index contributed by atoms with van der Waals surface area (Å²) in [5.41, 5.74) is 2.10. The molecule has 1 aliphatic rings. The molecule has 0 saturated carbocycles. The number of nitrogens with one attached hydrogen (secondary N) is 1. The van der Waals surface area contributed by atoms with Gasteiger partial charge in [-0.1, -0.05) is 56.3 Å². The fraction of sp³-hybridized carbons (Fsp3) is 0.520. The summed E-state index contributed by atoms with van der Waals surface area (Å²) < 4.78 is 7.65. The molecule has 176 valence electrons. The number of aryl methyl sites for hydroxylation is 1. The third-order valence-corrected chi connectivity index (χ3v) is 6.16. The van der Waals surface area contributed by atoms with E-state index in [9.17, 15) is 4.79 Å². The van der Waals surface area contributed by atoms with Gasteiger partial charge in [-0.15, -0.1) is 0 Å². The lowest BCUT2D eigenvalue weighted by Crippen LogP contribution is -2.38. The lowest BCUT2D eigenvalue weighted by Gasteiger charge is -2.28. The van der Waals surface area contributed by atoms with Crippen LogP contribution in [0.2, 0.25) is 0 Å². The molecule has 8 nitrogen and oxygen atoms in total. The van der Waals surface area contributed by atoms with Crippen molar-refractivity contribution in [3.8, 4) is 11.4 Å². The van der Waals surface area contributed by atoms with E-state index in [0.29, 0.717) is 30.0 Å². The molecule has 1 unspecified atom stereocenters. The second-order valence-electron chi connectivity index (χ2n) is 10.1. The summed E-state index contributed by atoms with van der Waals surface area (Å²) in [5.74, 6) is 1.57. The van der Waals surface area contributed by atoms with Crippen LogP contribution in [-0.4, -0.2) is 43.1 Å². The number of fused-ring (bicyclic) bond motifs is 1. The van der Waals surface area contributed by atoms with Crippen LogP contribution in [-0.2, 0) is 13.1 Å². The van der Waals surface area contributed by atoms with Crippen molar-refractivity contribution in [1.82, 2.24) is 29.9 Å². The van der Waals surface area contributed by atoms with Gasteiger partial charge in [0.1, 0.15) is 11.9 Å². The van der Waals surface area contributed by atoms with Crippen molar-refractivity contribution in [1.29, 1.82) is 0 Å². The van der Waals surface area contributed by atoms with Crippen LogP contribution in [0.4, 0.5) is 0 Å². The van der Waals surface area contributed by atoms with Crippen molar-refractivity contribution in [2.45, 2.75) is 73.1 Å². The van der Waals surface area contributed by atoms with Crippen LogP contribution in [0.1, 0.15) is 75.0 Å². The number of aromatic nitrogens is 4. The zero-order chi connectivity index (χ0) is 23.8. The standard InChI is InChI=1S/C25H34N6O2/c1-16(2)30-13-10-14-31-19(15-30)20(27-22(31)18-11-8-7-9-12-18)23(32)28-21(25(4,5)6)24-26-17(3)29-33-24/h7-9,11-12,16,21H,10,13-15H2,1-6H3,(H,28,32). The number of hydrogen-bond donors (Lipinski definition) is 1. The molecule has 0 bridgehead atoms. The second kappa shape index (κ2) is 9.09. The van der Waals surface area contributed by atoms with Gasteiger partial charge < -0.3 is 14.4 Å². The Morgan fingerprint density at radius 2 is 1.85 bits per heavy atom. The Balaban J connectivity index is 1.76. The summed E-state index contributed by atoms with van der Waals surface area (Å²) >= 11 is 0. The van der Waals surface area contributed by atoms with Crippen molar-refractivity contribution in [3.05, 3.63) is 53.4 Å². The monoisotopic (exact) mass is 450 g/mol. The quantitative estimate of drug-likeness (QED) is 0.621. The predicted molar refractivity (Wildman–Crippen MR) is 127 cm³/mol. The molecular formula is C25H34N6O2. The number of hydrogen-bond acceptors (Lipinski definition) is 6. The summed E-state index contributed by atoms with van der Waals surface area (Å²) in [5, 5.41) is 7.08. The van der Waals surface area contributed by atoms with Crippen LogP contribution >= 0.6 is 0 Å². The molecule has 3 aromatic rings. The number of carbonyl (C=O) groups excluding carboxylic acids is 1. The zero-order valence-corrected chi connectivity index (χ0v) is 20.4. The molecular weight excluding hydrogens is 416 g/mol. The van der Waals surface area contributed by atoms with E-state index >= 15 is 0 Å². The number of imidazole rings is 1. The minimum atomic E-state index is -0.435. The maximum atomic E-state index is 13.7. The Bertz CT molecular complexity index is 1110. The van der Waals surface area contributed by atoms with Crippen molar-refractivity contribution >= 4 is 5.91 Å². The van der Waals surface area contributed by atoms with Crippen molar-refractivity contribution < 1.29 is 9.32 Å². The highest BCUT2D eigenvalue weighted by atomic mass is 16.5. The fourth-order valence-corrected chi connectivity index (χ4v) is 4.30. The van der Waals surface area contributed by atoms with E-state index in [0.717, 1.165) is 36.6 Å². The van der Waals surface area contributed by atoms with Crippen LogP contribution in [0.15, 0.2) is 34.9 Å². The summed E-state index contributed by atoms with van der Waals surface area (Å²) in [4.78, 5) is 25.4. The molecule has 1 aliphatic heterocycles. The van der Waals surface area contributed by atoms with Crippen molar-refractivity contribution in [3.63, 3.8) is 0 Å². The highest BCUT2D eigenvalue weighted by Crippen LogP contribution is 2.33.